The molecule has 2 bridgehead atoms. The molecular weight excluding hydrogens is 326 g/mol. The minimum Gasteiger partial charge on any atom is -0.477 e. The summed E-state index contributed by atoms with van der Waals surface area (Å²) < 4.78 is 57.8. The van der Waals surface area contributed by atoms with Crippen molar-refractivity contribution in [3.05, 3.63) is 29.3 Å². The number of nitrogens with one attached hydrogen (secondary N) is 1. The van der Waals surface area contributed by atoms with Crippen molar-refractivity contribution in [1.82, 2.24) is 5.32 Å². The van der Waals surface area contributed by atoms with Crippen LogP contribution >= 0.6 is 0 Å². The Labute approximate surface area is 137 Å². The van der Waals surface area contributed by atoms with Gasteiger partial charge in [-0.15, -0.1) is 0 Å². The number of carbonyl (C=O) groups is 1. The van der Waals surface area contributed by atoms with E-state index in [0.717, 1.165) is 12.3 Å². The van der Waals surface area contributed by atoms with Crippen molar-refractivity contribution in [1.29, 1.82) is 0 Å². The van der Waals surface area contributed by atoms with E-state index in [0.29, 0.717) is 11.8 Å². The first-order valence-electron chi connectivity index (χ1n) is 8.12. The maximum Gasteiger partial charge on any atom is 0.258 e. The first-order chi connectivity index (χ1) is 11.4. The third kappa shape index (κ3) is 3.21. The van der Waals surface area contributed by atoms with Crippen LogP contribution in [0.4, 0.5) is 17.6 Å². The summed E-state index contributed by atoms with van der Waals surface area (Å²) in [5.41, 5.74) is 0. The molecule has 0 aliphatic heterocycles. The van der Waals surface area contributed by atoms with Crippen LogP contribution in [-0.2, 0) is 4.79 Å². The Morgan fingerprint density at radius 2 is 1.88 bits per heavy atom. The van der Waals surface area contributed by atoms with Crippen LogP contribution in [0.15, 0.2) is 6.07 Å². The summed E-state index contributed by atoms with van der Waals surface area (Å²) in [6.07, 6.45) is 4.69. The Balaban J connectivity index is 1.56. The fourth-order valence-electron chi connectivity index (χ4n) is 4.12. The summed E-state index contributed by atoms with van der Waals surface area (Å²) >= 11 is 0. The molecule has 1 aromatic rings. The Hall–Kier alpha value is -1.79. The number of halogens is 4. The van der Waals surface area contributed by atoms with Gasteiger partial charge in [-0.05, 0) is 43.9 Å². The molecule has 0 saturated heterocycles. The Morgan fingerprint density at radius 3 is 2.42 bits per heavy atom. The SMILES string of the molecule is C[C@@H](NC(=O)COc1c(F)c(F)cc(F)c1F)[C@@H]1C[C@H]2CC[C@H]1C2. The fourth-order valence-corrected chi connectivity index (χ4v) is 4.12. The van der Waals surface area contributed by atoms with Crippen LogP contribution in [0.1, 0.15) is 32.6 Å². The summed E-state index contributed by atoms with van der Waals surface area (Å²) in [5.74, 6) is -6.49. The van der Waals surface area contributed by atoms with Crippen LogP contribution in [-0.4, -0.2) is 18.6 Å². The number of ether oxygens (including phenoxy) is 1. The molecule has 0 aromatic heterocycles. The number of rotatable bonds is 5. The van der Waals surface area contributed by atoms with E-state index in [4.69, 9.17) is 0 Å². The molecule has 2 aliphatic rings. The number of amides is 1. The summed E-state index contributed by atoms with van der Waals surface area (Å²) in [5, 5.41) is 2.75. The van der Waals surface area contributed by atoms with E-state index in [9.17, 15) is 22.4 Å². The molecule has 4 atom stereocenters. The van der Waals surface area contributed by atoms with Gasteiger partial charge in [-0.25, -0.2) is 8.78 Å². The van der Waals surface area contributed by atoms with Crippen LogP contribution in [0.5, 0.6) is 5.75 Å². The lowest BCUT2D eigenvalue weighted by molar-refractivity contribution is -0.124. The maximum absolute atomic E-state index is 13.5. The van der Waals surface area contributed by atoms with Crippen LogP contribution in [0, 0.1) is 41.0 Å². The van der Waals surface area contributed by atoms with Gasteiger partial charge in [0.05, 0.1) is 0 Å². The number of fused-ring (bicyclic) bond motifs is 2. The van der Waals surface area contributed by atoms with Gasteiger partial charge in [0, 0.05) is 12.1 Å². The van der Waals surface area contributed by atoms with Crippen molar-refractivity contribution in [2.45, 2.75) is 38.6 Å². The van der Waals surface area contributed by atoms with E-state index in [2.05, 4.69) is 10.1 Å². The van der Waals surface area contributed by atoms with Gasteiger partial charge in [-0.2, -0.15) is 8.78 Å². The number of benzene rings is 1. The number of hydrogen-bond acceptors (Lipinski definition) is 2. The third-order valence-electron chi connectivity index (χ3n) is 5.24. The van der Waals surface area contributed by atoms with Gasteiger partial charge in [-0.1, -0.05) is 6.42 Å². The first kappa shape index (κ1) is 17.0. The highest BCUT2D eigenvalue weighted by Gasteiger charge is 2.42. The van der Waals surface area contributed by atoms with Crippen molar-refractivity contribution < 1.29 is 27.1 Å². The average molecular weight is 345 g/mol. The van der Waals surface area contributed by atoms with Gasteiger partial charge in [0.25, 0.3) is 5.91 Å². The molecule has 24 heavy (non-hydrogen) atoms. The lowest BCUT2D eigenvalue weighted by Gasteiger charge is -2.28. The third-order valence-corrected chi connectivity index (χ3v) is 5.24. The quantitative estimate of drug-likeness (QED) is 0.655. The molecule has 0 heterocycles. The molecule has 3 nitrogen and oxygen atoms in total. The Morgan fingerprint density at radius 1 is 1.21 bits per heavy atom. The second-order valence-corrected chi connectivity index (χ2v) is 6.78. The van der Waals surface area contributed by atoms with Gasteiger partial charge in [0.15, 0.2) is 24.0 Å². The largest absolute Gasteiger partial charge is 0.477 e. The van der Waals surface area contributed by atoms with Crippen LogP contribution in [0.2, 0.25) is 0 Å². The minimum atomic E-state index is -1.65. The molecule has 2 aliphatic carbocycles. The van der Waals surface area contributed by atoms with Gasteiger partial charge in [0.2, 0.25) is 11.6 Å². The normalized spacial score (nSPS) is 26.5. The monoisotopic (exact) mass is 345 g/mol. The highest BCUT2D eigenvalue weighted by Crippen LogP contribution is 2.49. The molecule has 132 valence electrons. The van der Waals surface area contributed by atoms with Gasteiger partial charge in [-0.3, -0.25) is 4.79 Å². The highest BCUT2D eigenvalue weighted by atomic mass is 19.2. The smallest absolute Gasteiger partial charge is 0.258 e. The summed E-state index contributed by atoms with van der Waals surface area (Å²) in [4.78, 5) is 11.9. The van der Waals surface area contributed by atoms with E-state index in [1.165, 1.54) is 19.3 Å². The molecule has 3 rings (SSSR count). The second-order valence-electron chi connectivity index (χ2n) is 6.78. The zero-order valence-corrected chi connectivity index (χ0v) is 13.3. The summed E-state index contributed by atoms with van der Waals surface area (Å²) in [6, 6.07) is 0.0183. The topological polar surface area (TPSA) is 38.3 Å². The van der Waals surface area contributed by atoms with Crippen molar-refractivity contribution in [2.75, 3.05) is 6.61 Å². The Kier molecular flexibility index (Phi) is 4.69. The molecule has 1 amide bonds. The molecule has 2 saturated carbocycles. The number of carbonyl (C=O) groups excluding carboxylic acids is 1. The van der Waals surface area contributed by atoms with Gasteiger partial charge >= 0.3 is 0 Å². The van der Waals surface area contributed by atoms with Crippen molar-refractivity contribution in [2.24, 2.45) is 17.8 Å². The fraction of sp³-hybridized carbons (Fsp3) is 0.588. The van der Waals surface area contributed by atoms with Crippen molar-refractivity contribution in [3.63, 3.8) is 0 Å². The van der Waals surface area contributed by atoms with Crippen molar-refractivity contribution >= 4 is 5.91 Å². The van der Waals surface area contributed by atoms with E-state index in [-0.39, 0.29) is 12.1 Å². The number of hydrogen-bond donors (Lipinski definition) is 1. The molecule has 7 heteroatoms. The molecule has 1 aromatic carbocycles. The van der Waals surface area contributed by atoms with Gasteiger partial charge in [0.1, 0.15) is 0 Å². The zero-order chi connectivity index (χ0) is 17.4. The first-order valence-corrected chi connectivity index (χ1v) is 8.12. The molecule has 0 radical (unpaired) electrons. The molecule has 2 fully saturated rings. The zero-order valence-electron chi connectivity index (χ0n) is 13.3. The molecule has 1 N–H and O–H groups in total. The summed E-state index contributed by atoms with van der Waals surface area (Å²) in [7, 11) is 0. The highest BCUT2D eigenvalue weighted by molar-refractivity contribution is 5.77. The van der Waals surface area contributed by atoms with E-state index < -0.39 is 41.5 Å². The Bertz CT molecular complexity index is 626. The maximum atomic E-state index is 13.5. The predicted octanol–water partition coefficient (Wildman–Crippen LogP) is 3.56. The molecule has 0 unspecified atom stereocenters. The summed E-state index contributed by atoms with van der Waals surface area (Å²) in [6.45, 7) is 1.19. The lowest BCUT2D eigenvalue weighted by Crippen LogP contribution is -2.42. The van der Waals surface area contributed by atoms with E-state index in [1.54, 1.807) is 0 Å². The van der Waals surface area contributed by atoms with Gasteiger partial charge < -0.3 is 10.1 Å². The van der Waals surface area contributed by atoms with Crippen molar-refractivity contribution in [3.8, 4) is 5.75 Å². The lowest BCUT2D eigenvalue weighted by atomic mass is 9.84. The van der Waals surface area contributed by atoms with Crippen LogP contribution in [0.3, 0.4) is 0 Å². The molecule has 0 spiro atoms. The van der Waals surface area contributed by atoms with Crippen LogP contribution < -0.4 is 10.1 Å². The van der Waals surface area contributed by atoms with Crippen LogP contribution in [0.25, 0.3) is 0 Å². The standard InChI is InChI=1S/C17H19F4NO2/c1-8(11-5-9-2-3-10(11)4-9)22-14(23)7-24-17-15(20)12(18)6-13(19)16(17)21/h6,8-11H,2-5,7H2,1H3,(H,22,23)/t8-,9+,10+,11+/m1/s1. The molecular formula is C17H19F4NO2. The second kappa shape index (κ2) is 6.61. The minimum absolute atomic E-state index is 0.0738. The predicted molar refractivity (Wildman–Crippen MR) is 78.3 cm³/mol. The average Bonchev–Trinajstić information content (AvgIpc) is 3.16. The van der Waals surface area contributed by atoms with E-state index in [1.807, 2.05) is 6.92 Å². The van der Waals surface area contributed by atoms with E-state index >= 15 is 0 Å².